The van der Waals surface area contributed by atoms with Crippen LogP contribution in [-0.4, -0.2) is 23.3 Å². The summed E-state index contributed by atoms with van der Waals surface area (Å²) in [5.41, 5.74) is 2.59. The molecule has 1 aliphatic carbocycles. The van der Waals surface area contributed by atoms with E-state index in [2.05, 4.69) is 21.7 Å². The average molecular weight is 323 g/mol. The Morgan fingerprint density at radius 1 is 1.08 bits per heavy atom. The van der Waals surface area contributed by atoms with E-state index in [1.165, 1.54) is 18.4 Å². The van der Waals surface area contributed by atoms with Crippen molar-refractivity contribution in [3.8, 4) is 0 Å². The minimum absolute atomic E-state index is 0.492. The van der Waals surface area contributed by atoms with Crippen molar-refractivity contribution in [1.29, 1.82) is 0 Å². The van der Waals surface area contributed by atoms with Crippen LogP contribution in [0, 0.1) is 0 Å². The van der Waals surface area contributed by atoms with E-state index in [4.69, 9.17) is 0 Å². The number of para-hydroxylation sites is 1. The lowest BCUT2D eigenvalue weighted by atomic mass is 9.97. The van der Waals surface area contributed by atoms with Gasteiger partial charge < -0.3 is 10.6 Å². The maximum atomic E-state index is 12.1. The van der Waals surface area contributed by atoms with Gasteiger partial charge in [0.15, 0.2) is 0 Å². The summed E-state index contributed by atoms with van der Waals surface area (Å²) in [5.74, 6) is -1.27. The Labute approximate surface area is 141 Å². The topological polar surface area (TPSA) is 71.1 Å². The molecule has 24 heavy (non-hydrogen) atoms. The molecular weight excluding hydrogens is 302 g/mol. The van der Waals surface area contributed by atoms with E-state index in [1.807, 2.05) is 24.3 Å². The lowest BCUT2D eigenvalue weighted by Gasteiger charge is -2.13. The number of hydrogen-bond acceptors (Lipinski definition) is 3. The fourth-order valence-electron chi connectivity index (χ4n) is 2.93. The number of allylic oxidation sites excluding steroid dienone is 1. The Kier molecular flexibility index (Phi) is 5.21. The van der Waals surface area contributed by atoms with E-state index < -0.39 is 11.8 Å². The van der Waals surface area contributed by atoms with Gasteiger partial charge >= 0.3 is 11.8 Å². The molecule has 3 rings (SSSR count). The summed E-state index contributed by atoms with van der Waals surface area (Å²) in [6.07, 6.45) is 9.41. The van der Waals surface area contributed by atoms with Crippen LogP contribution in [0.5, 0.6) is 0 Å². The van der Waals surface area contributed by atoms with Crippen molar-refractivity contribution in [3.05, 3.63) is 48.2 Å². The van der Waals surface area contributed by atoms with Gasteiger partial charge in [0.2, 0.25) is 0 Å². The van der Waals surface area contributed by atoms with Gasteiger partial charge in [-0.25, -0.2) is 0 Å². The van der Waals surface area contributed by atoms with Crippen LogP contribution >= 0.6 is 0 Å². The molecule has 0 saturated heterocycles. The molecule has 1 aliphatic rings. The van der Waals surface area contributed by atoms with E-state index >= 15 is 0 Å². The van der Waals surface area contributed by atoms with E-state index in [1.54, 1.807) is 12.3 Å². The first-order chi connectivity index (χ1) is 11.7. The molecule has 0 atom stereocenters. The van der Waals surface area contributed by atoms with Crippen molar-refractivity contribution >= 4 is 28.4 Å². The highest BCUT2D eigenvalue weighted by Gasteiger charge is 2.15. The third-order valence-corrected chi connectivity index (χ3v) is 4.20. The number of rotatable bonds is 4. The Morgan fingerprint density at radius 2 is 1.96 bits per heavy atom. The first kappa shape index (κ1) is 16.2. The highest BCUT2D eigenvalue weighted by Crippen LogP contribution is 2.21. The number of pyridine rings is 1. The zero-order chi connectivity index (χ0) is 16.8. The molecular formula is C19H21N3O2. The number of anilines is 1. The molecule has 1 aromatic heterocycles. The van der Waals surface area contributed by atoms with Gasteiger partial charge in [0.1, 0.15) is 0 Å². The van der Waals surface area contributed by atoms with E-state index in [9.17, 15) is 9.59 Å². The number of nitrogens with zero attached hydrogens (tertiary/aromatic N) is 1. The highest BCUT2D eigenvalue weighted by molar-refractivity contribution is 6.40. The van der Waals surface area contributed by atoms with Crippen molar-refractivity contribution in [2.75, 3.05) is 11.9 Å². The van der Waals surface area contributed by atoms with Crippen molar-refractivity contribution in [2.45, 2.75) is 32.1 Å². The smallest absolute Gasteiger partial charge is 0.313 e. The summed E-state index contributed by atoms with van der Waals surface area (Å²) in [6.45, 7) is 0.492. The van der Waals surface area contributed by atoms with Crippen LogP contribution in [0.4, 0.5) is 5.69 Å². The van der Waals surface area contributed by atoms with E-state index in [0.717, 1.165) is 24.6 Å². The second-order valence-corrected chi connectivity index (χ2v) is 5.95. The minimum Gasteiger partial charge on any atom is -0.348 e. The molecule has 0 bridgehead atoms. The maximum Gasteiger partial charge on any atom is 0.313 e. The quantitative estimate of drug-likeness (QED) is 0.670. The molecule has 1 heterocycles. The summed E-state index contributed by atoms with van der Waals surface area (Å²) in [5, 5.41) is 6.25. The standard InChI is InChI=1S/C19H21N3O2/c23-18(21-13-11-14-6-2-1-3-7-14)19(24)22-16-10-4-8-15-9-5-12-20-17(15)16/h4-6,8-10,12H,1-3,7,11,13H2,(H,21,23)(H,22,24). The largest absolute Gasteiger partial charge is 0.348 e. The van der Waals surface area contributed by atoms with Gasteiger partial charge in [-0.3, -0.25) is 14.6 Å². The SMILES string of the molecule is O=C(NCCC1=CCCCC1)C(=O)Nc1cccc2cccnc12. The molecule has 2 N–H and O–H groups in total. The van der Waals surface area contributed by atoms with Crippen molar-refractivity contribution < 1.29 is 9.59 Å². The number of benzene rings is 1. The minimum atomic E-state index is -0.661. The summed E-state index contributed by atoms with van der Waals surface area (Å²) in [4.78, 5) is 28.3. The fourth-order valence-corrected chi connectivity index (χ4v) is 2.93. The second-order valence-electron chi connectivity index (χ2n) is 5.95. The number of carbonyl (C=O) groups is 2. The highest BCUT2D eigenvalue weighted by atomic mass is 16.2. The molecule has 5 heteroatoms. The number of carbonyl (C=O) groups excluding carboxylic acids is 2. The number of fused-ring (bicyclic) bond motifs is 1. The molecule has 124 valence electrons. The first-order valence-corrected chi connectivity index (χ1v) is 8.35. The van der Waals surface area contributed by atoms with Gasteiger partial charge in [-0.2, -0.15) is 0 Å². The molecule has 0 aliphatic heterocycles. The van der Waals surface area contributed by atoms with Crippen LogP contribution in [0.2, 0.25) is 0 Å². The third-order valence-electron chi connectivity index (χ3n) is 4.20. The molecule has 2 amide bonds. The fraction of sp³-hybridized carbons (Fsp3) is 0.316. The molecule has 0 spiro atoms. The van der Waals surface area contributed by atoms with Gasteiger partial charge in [0, 0.05) is 18.1 Å². The average Bonchev–Trinajstić information content (AvgIpc) is 2.63. The predicted octanol–water partition coefficient (Wildman–Crippen LogP) is 3.18. The lowest BCUT2D eigenvalue weighted by molar-refractivity contribution is -0.136. The van der Waals surface area contributed by atoms with Crippen molar-refractivity contribution in [1.82, 2.24) is 10.3 Å². The number of nitrogens with one attached hydrogen (secondary N) is 2. The van der Waals surface area contributed by atoms with Crippen LogP contribution in [0.15, 0.2) is 48.2 Å². The second kappa shape index (κ2) is 7.73. The Hall–Kier alpha value is -2.69. The molecule has 0 saturated carbocycles. The number of aromatic nitrogens is 1. The number of hydrogen-bond donors (Lipinski definition) is 2. The molecule has 1 aromatic carbocycles. The third kappa shape index (κ3) is 3.98. The van der Waals surface area contributed by atoms with Crippen LogP contribution < -0.4 is 10.6 Å². The number of amides is 2. The van der Waals surface area contributed by atoms with Crippen LogP contribution in [0.1, 0.15) is 32.1 Å². The van der Waals surface area contributed by atoms with Gasteiger partial charge in [-0.1, -0.05) is 29.8 Å². The van der Waals surface area contributed by atoms with Crippen LogP contribution in [0.3, 0.4) is 0 Å². The zero-order valence-electron chi connectivity index (χ0n) is 13.5. The van der Waals surface area contributed by atoms with Crippen LogP contribution in [0.25, 0.3) is 10.9 Å². The summed E-state index contributed by atoms with van der Waals surface area (Å²) in [6, 6.07) is 9.23. The summed E-state index contributed by atoms with van der Waals surface area (Å²) in [7, 11) is 0. The van der Waals surface area contributed by atoms with Gasteiger partial charge in [-0.05, 0) is 44.2 Å². The van der Waals surface area contributed by atoms with Gasteiger partial charge in [0.25, 0.3) is 0 Å². The van der Waals surface area contributed by atoms with Gasteiger partial charge in [-0.15, -0.1) is 0 Å². The first-order valence-electron chi connectivity index (χ1n) is 8.35. The maximum absolute atomic E-state index is 12.1. The Morgan fingerprint density at radius 3 is 2.79 bits per heavy atom. The molecule has 2 aromatic rings. The van der Waals surface area contributed by atoms with E-state index in [-0.39, 0.29) is 0 Å². The summed E-state index contributed by atoms with van der Waals surface area (Å²) < 4.78 is 0. The molecule has 0 unspecified atom stereocenters. The monoisotopic (exact) mass is 323 g/mol. The van der Waals surface area contributed by atoms with Crippen molar-refractivity contribution in [3.63, 3.8) is 0 Å². The normalized spacial score (nSPS) is 14.1. The predicted molar refractivity (Wildman–Crippen MR) is 94.6 cm³/mol. The van der Waals surface area contributed by atoms with Crippen LogP contribution in [-0.2, 0) is 9.59 Å². The molecule has 0 radical (unpaired) electrons. The molecule has 0 fully saturated rings. The van der Waals surface area contributed by atoms with E-state index in [0.29, 0.717) is 17.7 Å². The lowest BCUT2D eigenvalue weighted by Crippen LogP contribution is -2.36. The van der Waals surface area contributed by atoms with Crippen molar-refractivity contribution in [2.24, 2.45) is 0 Å². The Bertz CT molecular complexity index is 778. The molecule has 5 nitrogen and oxygen atoms in total. The zero-order valence-corrected chi connectivity index (χ0v) is 13.5. The van der Waals surface area contributed by atoms with Gasteiger partial charge in [0.05, 0.1) is 11.2 Å². The Balaban J connectivity index is 1.55. The summed E-state index contributed by atoms with van der Waals surface area (Å²) >= 11 is 0.